The number of rotatable bonds is 7. The summed E-state index contributed by atoms with van der Waals surface area (Å²) in [5.74, 6) is -1.17. The van der Waals surface area contributed by atoms with Crippen molar-refractivity contribution in [1.82, 2.24) is 14.7 Å². The Balaban J connectivity index is 1.61. The molecule has 2 aromatic carbocycles. The normalized spacial score (nSPS) is 14.9. The quantitative estimate of drug-likeness (QED) is 0.272. The van der Waals surface area contributed by atoms with Crippen LogP contribution in [0.1, 0.15) is 64.1 Å². The lowest BCUT2D eigenvalue weighted by molar-refractivity contribution is -0.146. The summed E-state index contributed by atoms with van der Waals surface area (Å²) < 4.78 is 1.65. The number of aromatic nitrogens is 2. The molecular formula is C30H35Cl2N5O4. The first kappa shape index (κ1) is 30.4. The lowest BCUT2D eigenvalue weighted by Crippen LogP contribution is -2.42. The molecule has 1 fully saturated rings. The molecule has 2 heterocycles. The Morgan fingerprint density at radius 1 is 1.05 bits per heavy atom. The molecule has 3 N–H and O–H groups in total. The van der Waals surface area contributed by atoms with Gasteiger partial charge in [-0.25, -0.2) is 9.48 Å². The zero-order chi connectivity index (χ0) is 29.9. The fourth-order valence-electron chi connectivity index (χ4n) is 4.90. The van der Waals surface area contributed by atoms with E-state index in [2.05, 4.69) is 10.6 Å². The summed E-state index contributed by atoms with van der Waals surface area (Å²) >= 11 is 12.3. The molecule has 9 nitrogen and oxygen atoms in total. The van der Waals surface area contributed by atoms with E-state index in [4.69, 9.17) is 28.3 Å². The van der Waals surface area contributed by atoms with Crippen LogP contribution >= 0.6 is 23.2 Å². The fraction of sp³-hybridized carbons (Fsp3) is 0.400. The van der Waals surface area contributed by atoms with Crippen molar-refractivity contribution in [3.63, 3.8) is 0 Å². The van der Waals surface area contributed by atoms with E-state index in [1.54, 1.807) is 27.8 Å². The summed E-state index contributed by atoms with van der Waals surface area (Å²) in [6.45, 7) is 8.92. The van der Waals surface area contributed by atoms with Gasteiger partial charge < -0.3 is 15.3 Å². The molecule has 1 unspecified atom stereocenters. The smallest absolute Gasteiger partial charge is 0.324 e. The maximum Gasteiger partial charge on any atom is 0.324 e. The number of halogens is 2. The van der Waals surface area contributed by atoms with Crippen LogP contribution in [-0.2, 0) is 15.0 Å². The first-order valence-electron chi connectivity index (χ1n) is 13.6. The number of nitrogens with one attached hydrogen (secondary N) is 2. The first-order chi connectivity index (χ1) is 19.4. The van der Waals surface area contributed by atoms with Gasteiger partial charge in [-0.3, -0.25) is 14.9 Å². The SMILES string of the molecule is CCC(C(=O)N1CCC(C(=O)O)CC1)c1cccc(-n2nc(C(C)(C)C)cc2NC(=O)Nc2cccc(Cl)c2Cl)c1. The number of carboxylic acid groups (broad SMARTS) is 1. The van der Waals surface area contributed by atoms with E-state index in [1.807, 2.05) is 58.0 Å². The zero-order valence-electron chi connectivity index (χ0n) is 23.6. The number of carbonyl (C=O) groups excluding carboxylic acids is 2. The summed E-state index contributed by atoms with van der Waals surface area (Å²) in [4.78, 5) is 39.6. The van der Waals surface area contributed by atoms with Gasteiger partial charge >= 0.3 is 12.0 Å². The van der Waals surface area contributed by atoms with Crippen molar-refractivity contribution in [3.05, 3.63) is 69.8 Å². The highest BCUT2D eigenvalue weighted by Gasteiger charge is 2.31. The van der Waals surface area contributed by atoms with Gasteiger partial charge in [-0.05, 0) is 49.1 Å². The number of hydrogen-bond donors (Lipinski definition) is 3. The number of benzene rings is 2. The molecule has 41 heavy (non-hydrogen) atoms. The third-order valence-corrected chi connectivity index (χ3v) is 8.12. The van der Waals surface area contributed by atoms with Gasteiger partial charge in [0.1, 0.15) is 5.82 Å². The average Bonchev–Trinajstić information content (AvgIpc) is 3.36. The average molecular weight is 601 g/mol. The lowest BCUT2D eigenvalue weighted by atomic mass is 9.91. The molecule has 3 amide bonds. The summed E-state index contributed by atoms with van der Waals surface area (Å²) in [6.07, 6.45) is 1.50. The van der Waals surface area contributed by atoms with E-state index in [9.17, 15) is 19.5 Å². The van der Waals surface area contributed by atoms with Crippen LogP contribution in [0.4, 0.5) is 16.3 Å². The summed E-state index contributed by atoms with van der Waals surface area (Å²) in [5, 5.41) is 20.3. The highest BCUT2D eigenvalue weighted by Crippen LogP contribution is 2.32. The molecule has 0 saturated carbocycles. The van der Waals surface area contributed by atoms with E-state index >= 15 is 0 Å². The Kier molecular flexibility index (Phi) is 9.29. The number of aliphatic carboxylic acids is 1. The second-order valence-electron chi connectivity index (χ2n) is 11.3. The van der Waals surface area contributed by atoms with Gasteiger partial charge in [0.15, 0.2) is 0 Å². The third kappa shape index (κ3) is 7.02. The van der Waals surface area contributed by atoms with Crippen molar-refractivity contribution in [2.45, 2.75) is 58.3 Å². The number of nitrogens with zero attached hydrogens (tertiary/aromatic N) is 3. The molecule has 1 aromatic heterocycles. The molecule has 0 spiro atoms. The van der Waals surface area contributed by atoms with Crippen LogP contribution in [0.15, 0.2) is 48.5 Å². The minimum atomic E-state index is -0.806. The predicted molar refractivity (Wildman–Crippen MR) is 161 cm³/mol. The van der Waals surface area contributed by atoms with Gasteiger partial charge in [0, 0.05) is 24.6 Å². The summed E-state index contributed by atoms with van der Waals surface area (Å²) in [7, 11) is 0. The van der Waals surface area contributed by atoms with E-state index in [-0.39, 0.29) is 16.3 Å². The van der Waals surface area contributed by atoms with Crippen molar-refractivity contribution >= 4 is 52.6 Å². The van der Waals surface area contributed by atoms with Crippen molar-refractivity contribution < 1.29 is 19.5 Å². The van der Waals surface area contributed by atoms with Crippen LogP contribution in [-0.4, -0.2) is 50.8 Å². The van der Waals surface area contributed by atoms with Gasteiger partial charge in [-0.1, -0.05) is 69.1 Å². The van der Waals surface area contributed by atoms with Crippen molar-refractivity contribution in [3.8, 4) is 5.69 Å². The van der Waals surface area contributed by atoms with Gasteiger partial charge in [-0.15, -0.1) is 0 Å². The monoisotopic (exact) mass is 599 g/mol. The van der Waals surface area contributed by atoms with Gasteiger partial charge in [0.2, 0.25) is 5.91 Å². The molecule has 11 heteroatoms. The molecule has 4 rings (SSSR count). The number of carbonyl (C=O) groups is 3. The number of carboxylic acids is 1. The molecule has 1 aliphatic heterocycles. The van der Waals surface area contributed by atoms with E-state index in [1.165, 1.54) is 0 Å². The van der Waals surface area contributed by atoms with Crippen LogP contribution in [0.2, 0.25) is 10.0 Å². The first-order valence-corrected chi connectivity index (χ1v) is 14.4. The molecule has 0 aliphatic carbocycles. The summed E-state index contributed by atoms with van der Waals surface area (Å²) in [5.41, 5.74) is 2.35. The Morgan fingerprint density at radius 2 is 1.73 bits per heavy atom. The Hall–Kier alpha value is -3.56. The van der Waals surface area contributed by atoms with Crippen LogP contribution in [0.25, 0.3) is 5.69 Å². The largest absolute Gasteiger partial charge is 0.481 e. The number of amides is 3. The number of likely N-dealkylation sites (tertiary alicyclic amines) is 1. The highest BCUT2D eigenvalue weighted by molar-refractivity contribution is 6.44. The number of anilines is 2. The second-order valence-corrected chi connectivity index (χ2v) is 12.0. The van der Waals surface area contributed by atoms with Crippen molar-refractivity contribution in [2.75, 3.05) is 23.7 Å². The van der Waals surface area contributed by atoms with Crippen molar-refractivity contribution in [1.29, 1.82) is 0 Å². The molecule has 1 aliphatic rings. The molecule has 1 saturated heterocycles. The minimum absolute atomic E-state index is 0.0135. The van der Waals surface area contributed by atoms with Crippen LogP contribution in [0.5, 0.6) is 0 Å². The number of piperidine rings is 1. The van der Waals surface area contributed by atoms with Crippen LogP contribution < -0.4 is 10.6 Å². The molecule has 218 valence electrons. The van der Waals surface area contributed by atoms with Crippen molar-refractivity contribution in [2.24, 2.45) is 5.92 Å². The highest BCUT2D eigenvalue weighted by atomic mass is 35.5. The lowest BCUT2D eigenvalue weighted by Gasteiger charge is -2.33. The van der Waals surface area contributed by atoms with E-state index in [0.29, 0.717) is 54.6 Å². The van der Waals surface area contributed by atoms with E-state index in [0.717, 1.165) is 11.3 Å². The van der Waals surface area contributed by atoms with Gasteiger partial charge in [-0.2, -0.15) is 5.10 Å². The molecule has 3 aromatic rings. The molecular weight excluding hydrogens is 565 g/mol. The molecule has 0 bridgehead atoms. The standard InChI is InChI=1S/C30H35Cl2N5O4/c1-5-21(27(38)36-14-12-18(13-15-36)28(39)40)19-8-6-9-20(16-19)37-25(17-24(35-37)30(2,3)4)34-29(41)33-23-11-7-10-22(31)26(23)32/h6-11,16-18,21H,5,12-15H2,1-4H3,(H,39,40)(H2,33,34,41). The zero-order valence-corrected chi connectivity index (χ0v) is 25.1. The molecule has 0 radical (unpaired) electrons. The fourth-order valence-corrected chi connectivity index (χ4v) is 5.24. The van der Waals surface area contributed by atoms with Gasteiger partial charge in [0.05, 0.1) is 38.9 Å². The van der Waals surface area contributed by atoms with E-state index < -0.39 is 23.8 Å². The predicted octanol–water partition coefficient (Wildman–Crippen LogP) is 6.94. The number of urea groups is 1. The maximum absolute atomic E-state index is 13.5. The third-order valence-electron chi connectivity index (χ3n) is 7.30. The Bertz CT molecular complexity index is 1440. The minimum Gasteiger partial charge on any atom is -0.481 e. The topological polar surface area (TPSA) is 117 Å². The Morgan fingerprint density at radius 3 is 2.37 bits per heavy atom. The van der Waals surface area contributed by atoms with Crippen LogP contribution in [0, 0.1) is 5.92 Å². The summed E-state index contributed by atoms with van der Waals surface area (Å²) in [6, 6.07) is 13.8. The Labute approximate surface area is 249 Å². The van der Waals surface area contributed by atoms with Crippen LogP contribution in [0.3, 0.4) is 0 Å². The van der Waals surface area contributed by atoms with Gasteiger partial charge in [0.25, 0.3) is 0 Å². The number of hydrogen-bond acceptors (Lipinski definition) is 4. The maximum atomic E-state index is 13.5. The molecule has 1 atom stereocenters. The second kappa shape index (κ2) is 12.5.